The van der Waals surface area contributed by atoms with Gasteiger partial charge in [0.25, 0.3) is 0 Å². The molecule has 3 heteroatoms. The maximum atomic E-state index is 3.72. The zero-order chi connectivity index (χ0) is 13.1. The van der Waals surface area contributed by atoms with Crippen LogP contribution < -0.4 is 5.32 Å². The summed E-state index contributed by atoms with van der Waals surface area (Å²) in [6, 6.07) is 1.76. The minimum Gasteiger partial charge on any atom is -0.314 e. The Morgan fingerprint density at radius 1 is 0.947 bits per heavy atom. The molecular weight excluding hydrogens is 234 g/mol. The van der Waals surface area contributed by atoms with Gasteiger partial charge in [-0.2, -0.15) is 0 Å². The van der Waals surface area contributed by atoms with Crippen molar-refractivity contribution in [3.63, 3.8) is 0 Å². The Balaban J connectivity index is 1.44. The molecule has 110 valence electrons. The van der Waals surface area contributed by atoms with Crippen molar-refractivity contribution in [2.45, 2.75) is 57.5 Å². The number of nitrogens with one attached hydrogen (secondary N) is 1. The van der Waals surface area contributed by atoms with Gasteiger partial charge in [0, 0.05) is 44.8 Å². The Morgan fingerprint density at radius 2 is 1.68 bits per heavy atom. The molecule has 0 aromatic carbocycles. The Hall–Kier alpha value is -0.120. The second-order valence-electron chi connectivity index (χ2n) is 6.78. The van der Waals surface area contributed by atoms with Crippen molar-refractivity contribution < 1.29 is 0 Å². The molecule has 1 saturated heterocycles. The summed E-state index contributed by atoms with van der Waals surface area (Å²) < 4.78 is 0. The first-order valence-corrected chi connectivity index (χ1v) is 8.56. The third-order valence-electron chi connectivity index (χ3n) is 5.34. The van der Waals surface area contributed by atoms with Crippen LogP contribution in [0.4, 0.5) is 0 Å². The van der Waals surface area contributed by atoms with Gasteiger partial charge < -0.3 is 10.2 Å². The van der Waals surface area contributed by atoms with Crippen molar-refractivity contribution in [2.24, 2.45) is 5.92 Å². The SMILES string of the molecule is CCNC1CCCCC1CN1CCN(C2CC2)CC1. The van der Waals surface area contributed by atoms with Gasteiger partial charge in [-0.25, -0.2) is 0 Å². The van der Waals surface area contributed by atoms with Crippen LogP contribution in [0.3, 0.4) is 0 Å². The van der Waals surface area contributed by atoms with Gasteiger partial charge in [0.15, 0.2) is 0 Å². The van der Waals surface area contributed by atoms with E-state index in [0.29, 0.717) is 0 Å². The van der Waals surface area contributed by atoms with Crippen molar-refractivity contribution in [2.75, 3.05) is 39.3 Å². The lowest BCUT2D eigenvalue weighted by molar-refractivity contribution is 0.0955. The average molecular weight is 265 g/mol. The van der Waals surface area contributed by atoms with E-state index in [-0.39, 0.29) is 0 Å². The Labute approximate surface area is 118 Å². The molecule has 2 saturated carbocycles. The molecule has 1 aliphatic heterocycles. The van der Waals surface area contributed by atoms with E-state index in [1.165, 1.54) is 71.2 Å². The van der Waals surface area contributed by atoms with Gasteiger partial charge in [-0.3, -0.25) is 4.90 Å². The first-order valence-electron chi connectivity index (χ1n) is 8.56. The predicted molar refractivity (Wildman–Crippen MR) is 80.5 cm³/mol. The molecule has 19 heavy (non-hydrogen) atoms. The highest BCUT2D eigenvalue weighted by Crippen LogP contribution is 2.29. The molecule has 3 nitrogen and oxygen atoms in total. The quantitative estimate of drug-likeness (QED) is 0.819. The van der Waals surface area contributed by atoms with Crippen molar-refractivity contribution in [1.82, 2.24) is 15.1 Å². The standard InChI is InChI=1S/C16H31N3/c1-2-17-16-6-4-3-5-14(16)13-18-9-11-19(12-10-18)15-7-8-15/h14-17H,2-13H2,1H3. The van der Waals surface area contributed by atoms with Gasteiger partial charge >= 0.3 is 0 Å². The number of hydrogen-bond donors (Lipinski definition) is 1. The van der Waals surface area contributed by atoms with Crippen LogP contribution in [-0.2, 0) is 0 Å². The normalized spacial score (nSPS) is 34.6. The maximum Gasteiger partial charge on any atom is 0.0113 e. The molecule has 0 aromatic rings. The summed E-state index contributed by atoms with van der Waals surface area (Å²) in [7, 11) is 0. The molecule has 3 rings (SSSR count). The number of rotatable bonds is 5. The van der Waals surface area contributed by atoms with E-state index in [1.807, 2.05) is 0 Å². The van der Waals surface area contributed by atoms with E-state index in [1.54, 1.807) is 0 Å². The minimum atomic E-state index is 0.792. The van der Waals surface area contributed by atoms with Crippen LogP contribution in [0.25, 0.3) is 0 Å². The van der Waals surface area contributed by atoms with Gasteiger partial charge in [-0.05, 0) is 38.1 Å². The first-order chi connectivity index (χ1) is 9.36. The smallest absolute Gasteiger partial charge is 0.0113 e. The fraction of sp³-hybridized carbons (Fsp3) is 1.00. The molecule has 3 aliphatic rings. The summed E-state index contributed by atoms with van der Waals surface area (Å²) in [6.45, 7) is 10.00. The molecule has 0 aromatic heterocycles. The number of hydrogen-bond acceptors (Lipinski definition) is 3. The Bertz CT molecular complexity index is 267. The Kier molecular flexibility index (Phi) is 4.78. The fourth-order valence-corrected chi connectivity index (χ4v) is 4.04. The minimum absolute atomic E-state index is 0.792. The molecule has 3 fully saturated rings. The number of nitrogens with zero attached hydrogens (tertiary/aromatic N) is 2. The molecule has 2 unspecified atom stereocenters. The highest BCUT2D eigenvalue weighted by atomic mass is 15.3. The van der Waals surface area contributed by atoms with Gasteiger partial charge in [0.1, 0.15) is 0 Å². The third kappa shape index (κ3) is 3.71. The van der Waals surface area contributed by atoms with Crippen molar-refractivity contribution >= 4 is 0 Å². The summed E-state index contributed by atoms with van der Waals surface area (Å²) in [5, 5.41) is 3.72. The van der Waals surface area contributed by atoms with E-state index in [9.17, 15) is 0 Å². The molecule has 1 heterocycles. The van der Waals surface area contributed by atoms with Crippen LogP contribution in [-0.4, -0.2) is 61.2 Å². The van der Waals surface area contributed by atoms with Crippen LogP contribution in [0.1, 0.15) is 45.4 Å². The van der Waals surface area contributed by atoms with Crippen LogP contribution >= 0.6 is 0 Å². The first kappa shape index (κ1) is 13.8. The summed E-state index contributed by atoms with van der Waals surface area (Å²) in [4.78, 5) is 5.46. The second-order valence-corrected chi connectivity index (χ2v) is 6.78. The molecule has 0 radical (unpaired) electrons. The summed E-state index contributed by atoms with van der Waals surface area (Å²) in [6.07, 6.45) is 8.66. The summed E-state index contributed by atoms with van der Waals surface area (Å²) in [5.41, 5.74) is 0. The van der Waals surface area contributed by atoms with Gasteiger partial charge in [0.05, 0.1) is 0 Å². The number of piperazine rings is 1. The van der Waals surface area contributed by atoms with E-state index in [2.05, 4.69) is 22.0 Å². The lowest BCUT2D eigenvalue weighted by atomic mass is 9.84. The molecule has 0 spiro atoms. The molecule has 0 bridgehead atoms. The summed E-state index contributed by atoms with van der Waals surface area (Å²) in [5.74, 6) is 0.904. The monoisotopic (exact) mass is 265 g/mol. The third-order valence-corrected chi connectivity index (χ3v) is 5.34. The highest BCUT2D eigenvalue weighted by Gasteiger charge is 2.32. The lowest BCUT2D eigenvalue weighted by Crippen LogP contribution is -2.51. The molecule has 2 atom stereocenters. The van der Waals surface area contributed by atoms with E-state index in [0.717, 1.165) is 24.5 Å². The topological polar surface area (TPSA) is 18.5 Å². The van der Waals surface area contributed by atoms with Gasteiger partial charge in [-0.1, -0.05) is 19.8 Å². The van der Waals surface area contributed by atoms with E-state index in [4.69, 9.17) is 0 Å². The largest absolute Gasteiger partial charge is 0.314 e. The van der Waals surface area contributed by atoms with Gasteiger partial charge in [0.2, 0.25) is 0 Å². The second kappa shape index (κ2) is 6.55. The van der Waals surface area contributed by atoms with Crippen LogP contribution in [0.5, 0.6) is 0 Å². The fourth-order valence-electron chi connectivity index (χ4n) is 4.04. The van der Waals surface area contributed by atoms with Crippen molar-refractivity contribution in [3.05, 3.63) is 0 Å². The Morgan fingerprint density at radius 3 is 2.37 bits per heavy atom. The maximum absolute atomic E-state index is 3.72. The zero-order valence-electron chi connectivity index (χ0n) is 12.6. The summed E-state index contributed by atoms with van der Waals surface area (Å²) >= 11 is 0. The lowest BCUT2D eigenvalue weighted by Gasteiger charge is -2.40. The molecule has 2 aliphatic carbocycles. The molecular formula is C16H31N3. The van der Waals surface area contributed by atoms with Crippen molar-refractivity contribution in [1.29, 1.82) is 0 Å². The molecule has 0 amide bonds. The van der Waals surface area contributed by atoms with E-state index < -0.39 is 0 Å². The van der Waals surface area contributed by atoms with E-state index >= 15 is 0 Å². The van der Waals surface area contributed by atoms with Crippen LogP contribution in [0.2, 0.25) is 0 Å². The predicted octanol–water partition coefficient (Wildman–Crippen LogP) is 1.93. The van der Waals surface area contributed by atoms with Crippen molar-refractivity contribution in [3.8, 4) is 0 Å². The zero-order valence-corrected chi connectivity index (χ0v) is 12.6. The molecule has 1 N–H and O–H groups in total. The van der Waals surface area contributed by atoms with Crippen LogP contribution in [0, 0.1) is 5.92 Å². The van der Waals surface area contributed by atoms with Gasteiger partial charge in [-0.15, -0.1) is 0 Å². The van der Waals surface area contributed by atoms with Crippen LogP contribution in [0.15, 0.2) is 0 Å². The highest BCUT2D eigenvalue weighted by molar-refractivity contribution is 4.89. The average Bonchev–Trinajstić information content (AvgIpc) is 3.27.